The van der Waals surface area contributed by atoms with Gasteiger partial charge in [-0.25, -0.2) is 9.97 Å². The van der Waals surface area contributed by atoms with Gasteiger partial charge in [-0.15, -0.1) is 0 Å². The Bertz CT molecular complexity index is 1190. The Hall–Kier alpha value is -4.00. The van der Waals surface area contributed by atoms with Crippen LogP contribution in [-0.4, -0.2) is 36.9 Å². The molecule has 32 heavy (non-hydrogen) atoms. The Morgan fingerprint density at radius 2 is 2.00 bits per heavy atom. The smallest absolute Gasteiger partial charge is 0.254 e. The Labute approximate surface area is 186 Å². The molecule has 1 saturated heterocycles. The van der Waals surface area contributed by atoms with Crippen LogP contribution >= 0.6 is 0 Å². The fourth-order valence-corrected chi connectivity index (χ4v) is 4.12. The highest BCUT2D eigenvalue weighted by atomic mass is 16.2. The molecule has 1 aliphatic heterocycles. The highest BCUT2D eigenvalue weighted by Crippen LogP contribution is 2.32. The summed E-state index contributed by atoms with van der Waals surface area (Å²) >= 11 is 0. The van der Waals surface area contributed by atoms with E-state index in [1.807, 2.05) is 76.5 Å². The van der Waals surface area contributed by atoms with E-state index >= 15 is 0 Å². The zero-order valence-corrected chi connectivity index (χ0v) is 17.6. The number of nitrogens with one attached hydrogen (secondary N) is 1. The summed E-state index contributed by atoms with van der Waals surface area (Å²) in [6.45, 7) is 1.39. The van der Waals surface area contributed by atoms with Gasteiger partial charge in [0.05, 0.1) is 11.7 Å². The van der Waals surface area contributed by atoms with Gasteiger partial charge in [0, 0.05) is 49.1 Å². The number of rotatable bonds is 6. The third-order valence-electron chi connectivity index (χ3n) is 5.71. The maximum absolute atomic E-state index is 13.4. The summed E-state index contributed by atoms with van der Waals surface area (Å²) in [4.78, 5) is 28.4. The van der Waals surface area contributed by atoms with Crippen molar-refractivity contribution in [1.82, 2.24) is 24.4 Å². The van der Waals surface area contributed by atoms with E-state index < -0.39 is 0 Å². The molecule has 1 fully saturated rings. The van der Waals surface area contributed by atoms with Gasteiger partial charge in [-0.1, -0.05) is 18.2 Å². The first kappa shape index (κ1) is 19.9. The number of benzene rings is 1. The third-order valence-corrected chi connectivity index (χ3v) is 5.71. The molecule has 1 N–H and O–H groups in total. The maximum Gasteiger partial charge on any atom is 0.254 e. The zero-order valence-electron chi connectivity index (χ0n) is 17.6. The van der Waals surface area contributed by atoms with Gasteiger partial charge in [0.1, 0.15) is 12.1 Å². The predicted octanol–water partition coefficient (Wildman–Crippen LogP) is 4.25. The molecule has 0 unspecified atom stereocenters. The number of nitrogens with zero attached hydrogens (tertiary/aromatic N) is 5. The van der Waals surface area contributed by atoms with Crippen LogP contribution in [0.25, 0.3) is 5.82 Å². The first-order valence-electron chi connectivity index (χ1n) is 10.8. The molecule has 0 bridgehead atoms. The second-order valence-electron chi connectivity index (χ2n) is 7.84. The normalized spacial score (nSPS) is 15.6. The molecule has 0 aliphatic carbocycles. The van der Waals surface area contributed by atoms with Gasteiger partial charge in [0.25, 0.3) is 5.91 Å². The van der Waals surface area contributed by atoms with Crippen molar-refractivity contribution in [1.29, 1.82) is 0 Å². The van der Waals surface area contributed by atoms with Gasteiger partial charge in [0.15, 0.2) is 0 Å². The van der Waals surface area contributed by atoms with Crippen molar-refractivity contribution in [2.24, 2.45) is 0 Å². The molecule has 4 aromatic rings. The molecule has 160 valence electrons. The molecule has 1 aliphatic rings. The molecule has 7 heteroatoms. The summed E-state index contributed by atoms with van der Waals surface area (Å²) < 4.78 is 1.88. The Balaban J connectivity index is 1.33. The van der Waals surface area contributed by atoms with Crippen molar-refractivity contribution in [2.75, 3.05) is 11.9 Å². The topological polar surface area (TPSA) is 75.9 Å². The number of carbonyl (C=O) groups excluding carboxylic acids is 1. The van der Waals surface area contributed by atoms with Gasteiger partial charge in [-0.2, -0.15) is 0 Å². The van der Waals surface area contributed by atoms with E-state index in [9.17, 15) is 4.79 Å². The van der Waals surface area contributed by atoms with E-state index in [-0.39, 0.29) is 11.9 Å². The van der Waals surface area contributed by atoms with Crippen molar-refractivity contribution < 1.29 is 4.79 Å². The van der Waals surface area contributed by atoms with Gasteiger partial charge < -0.3 is 10.2 Å². The standard InChI is InChI=1S/C25H24N6O/c32-25(20-6-1-7-21(15-20)28-17-19-5-3-11-26-16-19)31-13-4-9-23(31)22-8-2-10-24(29-22)30-14-12-27-18-30/h1-3,5-8,10-12,14-16,18,23,28H,4,9,13,17H2/t23-/m0/s1. The molecule has 1 atom stereocenters. The minimum atomic E-state index is -0.0296. The largest absolute Gasteiger partial charge is 0.381 e. The maximum atomic E-state index is 13.4. The molecule has 5 rings (SSSR count). The van der Waals surface area contributed by atoms with E-state index in [2.05, 4.69) is 15.3 Å². The molecule has 3 aromatic heterocycles. The summed E-state index contributed by atoms with van der Waals surface area (Å²) in [7, 11) is 0. The third kappa shape index (κ3) is 4.23. The molecular formula is C25H24N6O. The van der Waals surface area contributed by atoms with E-state index in [0.29, 0.717) is 12.1 Å². The number of amides is 1. The number of pyridine rings is 2. The number of imidazole rings is 1. The van der Waals surface area contributed by atoms with E-state index in [4.69, 9.17) is 4.98 Å². The van der Waals surface area contributed by atoms with E-state index in [1.165, 1.54) is 0 Å². The van der Waals surface area contributed by atoms with Crippen molar-refractivity contribution in [3.63, 3.8) is 0 Å². The number of aromatic nitrogens is 4. The lowest BCUT2D eigenvalue weighted by molar-refractivity contribution is 0.0733. The number of anilines is 1. The van der Waals surface area contributed by atoms with Crippen LogP contribution in [0.2, 0.25) is 0 Å². The number of hydrogen-bond donors (Lipinski definition) is 1. The molecular weight excluding hydrogens is 400 g/mol. The quantitative estimate of drug-likeness (QED) is 0.501. The summed E-state index contributed by atoms with van der Waals surface area (Å²) in [5.41, 5.74) is 3.59. The predicted molar refractivity (Wildman–Crippen MR) is 122 cm³/mol. The minimum Gasteiger partial charge on any atom is -0.381 e. The SMILES string of the molecule is O=C(c1cccc(NCc2cccnc2)c1)N1CCC[C@H]1c1cccc(-n2ccnc2)n1. The van der Waals surface area contributed by atoms with Crippen LogP contribution in [0.15, 0.2) is 85.7 Å². The lowest BCUT2D eigenvalue weighted by Crippen LogP contribution is -2.31. The first-order chi connectivity index (χ1) is 15.8. The van der Waals surface area contributed by atoms with Crippen molar-refractivity contribution in [3.8, 4) is 5.82 Å². The number of likely N-dealkylation sites (tertiary alicyclic amines) is 1. The molecule has 1 aromatic carbocycles. The van der Waals surface area contributed by atoms with Gasteiger partial charge in [-0.05, 0) is 54.8 Å². The van der Waals surface area contributed by atoms with Gasteiger partial charge in [-0.3, -0.25) is 14.3 Å². The summed E-state index contributed by atoms with van der Waals surface area (Å²) in [6.07, 6.45) is 10.8. The van der Waals surface area contributed by atoms with Crippen LogP contribution < -0.4 is 5.32 Å². The van der Waals surface area contributed by atoms with Crippen LogP contribution in [0.5, 0.6) is 0 Å². The number of hydrogen-bond acceptors (Lipinski definition) is 5. The van der Waals surface area contributed by atoms with Gasteiger partial charge in [0.2, 0.25) is 0 Å². The lowest BCUT2D eigenvalue weighted by Gasteiger charge is -2.25. The number of carbonyl (C=O) groups is 1. The lowest BCUT2D eigenvalue weighted by atomic mass is 10.1. The van der Waals surface area contributed by atoms with Crippen molar-refractivity contribution in [3.05, 3.63) is 103 Å². The summed E-state index contributed by atoms with van der Waals surface area (Å²) in [6, 6.07) is 17.5. The highest BCUT2D eigenvalue weighted by Gasteiger charge is 2.31. The second-order valence-corrected chi connectivity index (χ2v) is 7.84. The highest BCUT2D eigenvalue weighted by molar-refractivity contribution is 5.95. The van der Waals surface area contributed by atoms with Crippen LogP contribution in [-0.2, 0) is 6.54 Å². The van der Waals surface area contributed by atoms with Crippen LogP contribution in [0.3, 0.4) is 0 Å². The first-order valence-corrected chi connectivity index (χ1v) is 10.8. The Kier molecular flexibility index (Phi) is 5.61. The van der Waals surface area contributed by atoms with E-state index in [0.717, 1.165) is 42.1 Å². The molecule has 0 saturated carbocycles. The van der Waals surface area contributed by atoms with Crippen molar-refractivity contribution in [2.45, 2.75) is 25.4 Å². The monoisotopic (exact) mass is 424 g/mol. The average Bonchev–Trinajstić information content (AvgIpc) is 3.56. The summed E-state index contributed by atoms with van der Waals surface area (Å²) in [5.74, 6) is 0.841. The zero-order chi connectivity index (χ0) is 21.8. The molecule has 7 nitrogen and oxygen atoms in total. The molecule has 0 spiro atoms. The van der Waals surface area contributed by atoms with Crippen LogP contribution in [0, 0.1) is 0 Å². The molecule has 1 amide bonds. The Morgan fingerprint density at radius 3 is 2.84 bits per heavy atom. The fourth-order valence-electron chi connectivity index (χ4n) is 4.12. The minimum absolute atomic E-state index is 0.0296. The van der Waals surface area contributed by atoms with Crippen LogP contribution in [0.1, 0.15) is 40.5 Å². The second kappa shape index (κ2) is 9.01. The van der Waals surface area contributed by atoms with Crippen LogP contribution in [0.4, 0.5) is 5.69 Å². The molecule has 0 radical (unpaired) electrons. The fraction of sp³-hybridized carbons (Fsp3) is 0.200. The molecule has 4 heterocycles. The van der Waals surface area contributed by atoms with Crippen molar-refractivity contribution >= 4 is 11.6 Å². The average molecular weight is 425 g/mol. The summed E-state index contributed by atoms with van der Waals surface area (Å²) in [5, 5.41) is 3.38. The van der Waals surface area contributed by atoms with E-state index in [1.54, 1.807) is 18.7 Å². The Morgan fingerprint density at radius 1 is 1.06 bits per heavy atom. The van der Waals surface area contributed by atoms with Gasteiger partial charge >= 0.3 is 0 Å².